The summed E-state index contributed by atoms with van der Waals surface area (Å²) in [7, 11) is 0. The number of likely N-dealkylation sites (tertiary alicyclic amines) is 2. The molecule has 4 heteroatoms. The highest BCUT2D eigenvalue weighted by Crippen LogP contribution is 2.34. The molecule has 3 atom stereocenters. The zero-order valence-electron chi connectivity index (χ0n) is 12.5. The molecular weight excluding hydrogens is 252 g/mol. The second kappa shape index (κ2) is 5.74. The summed E-state index contributed by atoms with van der Waals surface area (Å²) in [5.41, 5.74) is 0. The number of carbonyl (C=O) groups excluding carboxylic acids is 2. The average molecular weight is 278 g/mol. The summed E-state index contributed by atoms with van der Waals surface area (Å²) in [6.45, 7) is 4.85. The first-order valence-corrected chi connectivity index (χ1v) is 8.25. The molecule has 3 rings (SSSR count). The van der Waals surface area contributed by atoms with Gasteiger partial charge in [0.2, 0.25) is 0 Å². The molecule has 0 spiro atoms. The van der Waals surface area contributed by atoms with Gasteiger partial charge in [0, 0.05) is 38.0 Å². The second-order valence-electron chi connectivity index (χ2n) is 6.84. The molecule has 112 valence electrons. The molecule has 0 aromatic rings. The third-order valence-electron chi connectivity index (χ3n) is 5.29. The van der Waals surface area contributed by atoms with Crippen molar-refractivity contribution in [1.82, 2.24) is 9.80 Å². The lowest BCUT2D eigenvalue weighted by molar-refractivity contribution is -0.122. The zero-order chi connectivity index (χ0) is 14.1. The maximum Gasteiger partial charge on any atom is 0.320 e. The van der Waals surface area contributed by atoms with Crippen LogP contribution in [0.2, 0.25) is 0 Å². The van der Waals surface area contributed by atoms with Crippen LogP contribution in [0.5, 0.6) is 0 Å². The zero-order valence-corrected chi connectivity index (χ0v) is 12.5. The van der Waals surface area contributed by atoms with Crippen LogP contribution in [0.25, 0.3) is 0 Å². The third kappa shape index (κ3) is 2.57. The molecule has 2 amide bonds. The Labute approximate surface area is 121 Å². The molecule has 3 fully saturated rings. The third-order valence-corrected chi connectivity index (χ3v) is 5.29. The molecule has 0 aromatic heterocycles. The Morgan fingerprint density at radius 2 is 1.90 bits per heavy atom. The molecule has 0 N–H and O–H groups in total. The van der Waals surface area contributed by atoms with E-state index in [9.17, 15) is 9.59 Å². The van der Waals surface area contributed by atoms with Gasteiger partial charge < -0.3 is 9.80 Å². The van der Waals surface area contributed by atoms with Crippen LogP contribution in [0.1, 0.15) is 51.9 Å². The molecule has 2 saturated heterocycles. The normalized spacial score (nSPS) is 34.9. The fourth-order valence-electron chi connectivity index (χ4n) is 4.24. The molecule has 20 heavy (non-hydrogen) atoms. The number of urea groups is 1. The Kier molecular flexibility index (Phi) is 3.99. The van der Waals surface area contributed by atoms with Gasteiger partial charge in [-0.2, -0.15) is 0 Å². The van der Waals surface area contributed by atoms with Crippen molar-refractivity contribution in [2.45, 2.75) is 57.9 Å². The lowest BCUT2D eigenvalue weighted by Gasteiger charge is -2.37. The predicted molar refractivity (Wildman–Crippen MR) is 77.4 cm³/mol. The number of ketones is 1. The van der Waals surface area contributed by atoms with Crippen molar-refractivity contribution in [2.75, 3.05) is 19.6 Å². The van der Waals surface area contributed by atoms with Crippen molar-refractivity contribution in [1.29, 1.82) is 0 Å². The predicted octanol–water partition coefficient (Wildman–Crippen LogP) is 2.67. The number of nitrogens with zero attached hydrogens (tertiary/aromatic N) is 2. The summed E-state index contributed by atoms with van der Waals surface area (Å²) in [6.07, 6.45) is 7.16. The first-order chi connectivity index (χ1) is 9.66. The van der Waals surface area contributed by atoms with Crippen molar-refractivity contribution in [3.63, 3.8) is 0 Å². The quantitative estimate of drug-likeness (QED) is 0.740. The van der Waals surface area contributed by atoms with E-state index in [1.54, 1.807) is 0 Å². The van der Waals surface area contributed by atoms with Crippen LogP contribution in [0.15, 0.2) is 0 Å². The largest absolute Gasteiger partial charge is 0.324 e. The van der Waals surface area contributed by atoms with E-state index < -0.39 is 0 Å². The van der Waals surface area contributed by atoms with Crippen LogP contribution in [0.4, 0.5) is 4.79 Å². The first kappa shape index (κ1) is 13.9. The molecule has 3 aliphatic rings. The number of hydrogen-bond acceptors (Lipinski definition) is 2. The summed E-state index contributed by atoms with van der Waals surface area (Å²) in [5, 5.41) is 0. The van der Waals surface area contributed by atoms with Gasteiger partial charge in [-0.15, -0.1) is 0 Å². The smallest absolute Gasteiger partial charge is 0.320 e. The van der Waals surface area contributed by atoms with Crippen LogP contribution in [0.3, 0.4) is 0 Å². The number of carbonyl (C=O) groups is 2. The van der Waals surface area contributed by atoms with Crippen LogP contribution >= 0.6 is 0 Å². The maximum atomic E-state index is 12.8. The van der Waals surface area contributed by atoms with Crippen molar-refractivity contribution in [3.05, 3.63) is 0 Å². The van der Waals surface area contributed by atoms with Gasteiger partial charge in [0.05, 0.1) is 0 Å². The lowest BCUT2D eigenvalue weighted by Crippen LogP contribution is -2.50. The van der Waals surface area contributed by atoms with Gasteiger partial charge in [-0.1, -0.05) is 6.92 Å². The minimum absolute atomic E-state index is 0.128. The first-order valence-electron chi connectivity index (χ1n) is 8.25. The SMILES string of the molecule is CC1CCCN(C(=O)N2CCCC2C2CCCC2=O)C1. The Bertz CT molecular complexity index is 396. The van der Waals surface area contributed by atoms with Gasteiger partial charge in [-0.3, -0.25) is 4.79 Å². The number of amides is 2. The molecule has 4 nitrogen and oxygen atoms in total. The fraction of sp³-hybridized carbons (Fsp3) is 0.875. The fourth-order valence-corrected chi connectivity index (χ4v) is 4.24. The van der Waals surface area contributed by atoms with E-state index in [1.807, 2.05) is 9.80 Å². The highest BCUT2D eigenvalue weighted by molar-refractivity contribution is 5.85. The molecule has 0 aromatic carbocycles. The van der Waals surface area contributed by atoms with Gasteiger partial charge >= 0.3 is 6.03 Å². The highest BCUT2D eigenvalue weighted by Gasteiger charge is 2.41. The van der Waals surface area contributed by atoms with Gasteiger partial charge in [0.15, 0.2) is 0 Å². The topological polar surface area (TPSA) is 40.6 Å². The van der Waals surface area contributed by atoms with E-state index in [2.05, 4.69) is 6.92 Å². The van der Waals surface area contributed by atoms with Crippen molar-refractivity contribution in [3.8, 4) is 0 Å². The molecular formula is C16H26N2O2. The van der Waals surface area contributed by atoms with Gasteiger partial charge in [-0.25, -0.2) is 4.79 Å². The Hall–Kier alpha value is -1.06. The number of hydrogen-bond donors (Lipinski definition) is 0. The monoisotopic (exact) mass is 278 g/mol. The molecule has 0 radical (unpaired) electrons. The van der Waals surface area contributed by atoms with E-state index in [0.717, 1.165) is 58.2 Å². The Morgan fingerprint density at radius 1 is 1.10 bits per heavy atom. The van der Waals surface area contributed by atoms with E-state index in [0.29, 0.717) is 11.7 Å². The summed E-state index contributed by atoms with van der Waals surface area (Å²) >= 11 is 0. The van der Waals surface area contributed by atoms with Crippen molar-refractivity contribution >= 4 is 11.8 Å². The Morgan fingerprint density at radius 3 is 2.60 bits per heavy atom. The maximum absolute atomic E-state index is 12.8. The van der Waals surface area contributed by atoms with E-state index in [-0.39, 0.29) is 18.0 Å². The number of rotatable bonds is 1. The highest BCUT2D eigenvalue weighted by atomic mass is 16.2. The minimum Gasteiger partial charge on any atom is -0.324 e. The van der Waals surface area contributed by atoms with Gasteiger partial charge in [0.1, 0.15) is 5.78 Å². The van der Waals surface area contributed by atoms with E-state index >= 15 is 0 Å². The molecule has 0 bridgehead atoms. The van der Waals surface area contributed by atoms with Crippen molar-refractivity contribution < 1.29 is 9.59 Å². The minimum atomic E-state index is 0.128. The summed E-state index contributed by atoms with van der Waals surface area (Å²) in [6, 6.07) is 0.383. The number of Topliss-reactive ketones (excluding diaryl/α,β-unsaturated/α-hetero) is 1. The lowest BCUT2D eigenvalue weighted by atomic mass is 9.95. The standard InChI is InChI=1S/C16H26N2O2/c1-12-5-3-9-17(11-12)16(20)18-10-4-7-14(18)13-6-2-8-15(13)19/h12-14H,2-11H2,1H3. The summed E-state index contributed by atoms with van der Waals surface area (Å²) < 4.78 is 0. The Balaban J connectivity index is 1.68. The summed E-state index contributed by atoms with van der Waals surface area (Å²) in [4.78, 5) is 28.8. The molecule has 2 aliphatic heterocycles. The van der Waals surface area contributed by atoms with E-state index in [4.69, 9.17) is 0 Å². The van der Waals surface area contributed by atoms with Gasteiger partial charge in [0.25, 0.3) is 0 Å². The average Bonchev–Trinajstić information content (AvgIpc) is 3.06. The van der Waals surface area contributed by atoms with Crippen LogP contribution in [-0.2, 0) is 4.79 Å². The molecule has 1 saturated carbocycles. The van der Waals surface area contributed by atoms with Crippen molar-refractivity contribution in [2.24, 2.45) is 11.8 Å². The number of piperidine rings is 1. The molecule has 3 unspecified atom stereocenters. The van der Waals surface area contributed by atoms with Crippen LogP contribution in [-0.4, -0.2) is 47.3 Å². The van der Waals surface area contributed by atoms with E-state index in [1.165, 1.54) is 6.42 Å². The van der Waals surface area contributed by atoms with Crippen LogP contribution < -0.4 is 0 Å². The van der Waals surface area contributed by atoms with Gasteiger partial charge in [-0.05, 0) is 44.4 Å². The second-order valence-corrected chi connectivity index (χ2v) is 6.84. The summed E-state index contributed by atoms with van der Waals surface area (Å²) in [5.74, 6) is 1.13. The van der Waals surface area contributed by atoms with Crippen LogP contribution in [0, 0.1) is 11.8 Å². The molecule has 1 aliphatic carbocycles. The molecule has 2 heterocycles.